The Balaban J connectivity index is 1.26. The molecule has 0 spiro atoms. The fourth-order valence-corrected chi connectivity index (χ4v) is 4.93. The van der Waals surface area contributed by atoms with Crippen molar-refractivity contribution in [2.75, 3.05) is 37.6 Å². The second kappa shape index (κ2) is 8.24. The Kier molecular flexibility index (Phi) is 5.53. The van der Waals surface area contributed by atoms with Crippen LogP contribution in [0.1, 0.15) is 18.4 Å². The summed E-state index contributed by atoms with van der Waals surface area (Å²) >= 11 is 0. The smallest absolute Gasteiger partial charge is 0.263 e. The average molecular weight is 413 g/mol. The summed E-state index contributed by atoms with van der Waals surface area (Å²) in [4.78, 5) is 21.3. The van der Waals surface area contributed by atoms with E-state index in [4.69, 9.17) is 0 Å². The molecule has 152 valence electrons. The van der Waals surface area contributed by atoms with Crippen LogP contribution in [0.2, 0.25) is 0 Å². The highest BCUT2D eigenvalue weighted by Gasteiger charge is 2.30. The molecule has 0 aromatic heterocycles. The molecule has 1 amide bonds. The molecule has 0 unspecified atom stereocenters. The molecule has 0 aliphatic carbocycles. The van der Waals surface area contributed by atoms with E-state index < -0.39 is 10.0 Å². The first-order valence-corrected chi connectivity index (χ1v) is 11.3. The highest BCUT2D eigenvalue weighted by atomic mass is 32.2. The maximum Gasteiger partial charge on any atom is 0.263 e. The number of sulfonamides is 1. The Hall–Kier alpha value is -2.87. The van der Waals surface area contributed by atoms with Crippen molar-refractivity contribution in [3.63, 3.8) is 0 Å². The monoisotopic (exact) mass is 412 g/mol. The van der Waals surface area contributed by atoms with Crippen molar-refractivity contribution in [3.8, 4) is 0 Å². The van der Waals surface area contributed by atoms with Crippen molar-refractivity contribution >= 4 is 27.5 Å². The lowest BCUT2D eigenvalue weighted by atomic mass is 10.2. The number of para-hydroxylation sites is 1. The van der Waals surface area contributed by atoms with Crippen LogP contribution in [-0.4, -0.2) is 57.8 Å². The minimum atomic E-state index is -3.51. The summed E-state index contributed by atoms with van der Waals surface area (Å²) in [5.74, 6) is 0.495. The van der Waals surface area contributed by atoms with E-state index in [0.29, 0.717) is 30.8 Å². The Morgan fingerprint density at radius 1 is 0.966 bits per heavy atom. The van der Waals surface area contributed by atoms with Crippen molar-refractivity contribution in [2.45, 2.75) is 17.7 Å². The normalized spacial score (nSPS) is 19.1. The fraction of sp³-hybridized carbons (Fsp3) is 0.333. The molecule has 2 aliphatic rings. The van der Waals surface area contributed by atoms with E-state index in [1.54, 1.807) is 24.3 Å². The first-order chi connectivity index (χ1) is 14.0. The molecule has 7 nitrogen and oxygen atoms in total. The lowest BCUT2D eigenvalue weighted by Crippen LogP contribution is -2.48. The number of rotatable bonds is 5. The van der Waals surface area contributed by atoms with Crippen LogP contribution in [0.5, 0.6) is 0 Å². The maximum atomic E-state index is 12.5. The summed E-state index contributed by atoms with van der Waals surface area (Å²) in [6.07, 6.45) is 1.00. The zero-order valence-electron chi connectivity index (χ0n) is 16.1. The topological polar surface area (TPSA) is 82.1 Å². The van der Waals surface area contributed by atoms with Crippen LogP contribution in [-0.2, 0) is 14.8 Å². The van der Waals surface area contributed by atoms with Crippen LogP contribution in [0.4, 0.5) is 5.69 Å². The predicted molar refractivity (Wildman–Crippen MR) is 113 cm³/mol. The summed E-state index contributed by atoms with van der Waals surface area (Å²) < 4.78 is 26.7. The van der Waals surface area contributed by atoms with E-state index in [-0.39, 0.29) is 10.8 Å². The Bertz CT molecular complexity index is 1010. The third-order valence-electron chi connectivity index (χ3n) is 5.24. The molecule has 4 rings (SSSR count). The van der Waals surface area contributed by atoms with E-state index in [2.05, 4.69) is 26.7 Å². The molecule has 0 saturated carbocycles. The highest BCUT2D eigenvalue weighted by Crippen LogP contribution is 2.22. The van der Waals surface area contributed by atoms with Gasteiger partial charge >= 0.3 is 0 Å². The van der Waals surface area contributed by atoms with E-state index in [1.807, 2.05) is 23.1 Å². The van der Waals surface area contributed by atoms with Gasteiger partial charge in [-0.1, -0.05) is 30.3 Å². The first-order valence-electron chi connectivity index (χ1n) is 9.79. The third kappa shape index (κ3) is 4.27. The number of amides is 1. The standard InChI is InChI=1S/C21H24N4O3S/c26-20(25-15-13-24(14-16-25)17-7-2-1-3-8-17)11-6-12-22-21-18-9-4-5-10-19(18)29(27,28)23-21/h1-5,7-10H,6,11-16H2,(H,22,23). The van der Waals surface area contributed by atoms with Gasteiger partial charge in [0.05, 0.1) is 4.90 Å². The summed E-state index contributed by atoms with van der Waals surface area (Å²) in [6, 6.07) is 17.0. The van der Waals surface area contributed by atoms with Gasteiger partial charge in [0.1, 0.15) is 5.84 Å². The van der Waals surface area contributed by atoms with E-state index in [0.717, 1.165) is 26.2 Å². The average Bonchev–Trinajstić information content (AvgIpc) is 3.02. The van der Waals surface area contributed by atoms with Crippen molar-refractivity contribution in [2.24, 2.45) is 4.99 Å². The molecule has 1 N–H and O–H groups in total. The molecule has 8 heteroatoms. The molecule has 29 heavy (non-hydrogen) atoms. The van der Waals surface area contributed by atoms with Crippen LogP contribution in [0.3, 0.4) is 0 Å². The number of nitrogens with zero attached hydrogens (tertiary/aromatic N) is 3. The molecule has 1 saturated heterocycles. The van der Waals surface area contributed by atoms with Gasteiger partial charge in [-0.3, -0.25) is 14.5 Å². The minimum Gasteiger partial charge on any atom is -0.368 e. The minimum absolute atomic E-state index is 0.130. The zero-order valence-corrected chi connectivity index (χ0v) is 16.9. The molecule has 1 fully saturated rings. The number of nitrogens with one attached hydrogen (secondary N) is 1. The zero-order chi connectivity index (χ0) is 20.3. The largest absolute Gasteiger partial charge is 0.368 e. The number of anilines is 1. The van der Waals surface area contributed by atoms with Gasteiger partial charge in [0.15, 0.2) is 0 Å². The molecule has 0 radical (unpaired) electrons. The van der Waals surface area contributed by atoms with Gasteiger partial charge in [0, 0.05) is 50.4 Å². The Labute approximate surface area is 171 Å². The van der Waals surface area contributed by atoms with Gasteiger partial charge < -0.3 is 9.80 Å². The first kappa shape index (κ1) is 19.4. The number of fused-ring (bicyclic) bond motifs is 1. The molecule has 2 aromatic rings. The molecule has 0 atom stereocenters. The van der Waals surface area contributed by atoms with Gasteiger partial charge in [-0.25, -0.2) is 8.42 Å². The van der Waals surface area contributed by atoms with Crippen LogP contribution in [0, 0.1) is 0 Å². The van der Waals surface area contributed by atoms with E-state index in [1.165, 1.54) is 5.69 Å². The van der Waals surface area contributed by atoms with Gasteiger partial charge in [-0.05, 0) is 30.7 Å². The van der Waals surface area contributed by atoms with Gasteiger partial charge in [-0.2, -0.15) is 0 Å². The number of hydrogen-bond acceptors (Lipinski definition) is 5. The van der Waals surface area contributed by atoms with Gasteiger partial charge in [0.25, 0.3) is 10.0 Å². The summed E-state index contributed by atoms with van der Waals surface area (Å²) in [6.45, 7) is 3.50. The molecular formula is C21H24N4O3S. The second-order valence-electron chi connectivity index (χ2n) is 7.14. The second-order valence-corrected chi connectivity index (χ2v) is 8.79. The molecule has 2 aromatic carbocycles. The molecule has 2 heterocycles. The quantitative estimate of drug-likeness (QED) is 0.760. The van der Waals surface area contributed by atoms with Crippen molar-refractivity contribution < 1.29 is 13.2 Å². The number of piperazine rings is 1. The molecule has 2 aliphatic heterocycles. The fourth-order valence-electron chi connectivity index (χ4n) is 3.68. The number of hydrogen-bond donors (Lipinski definition) is 1. The third-order valence-corrected chi connectivity index (χ3v) is 6.63. The van der Waals surface area contributed by atoms with Gasteiger partial charge in [0.2, 0.25) is 5.91 Å². The summed E-state index contributed by atoms with van der Waals surface area (Å²) in [5, 5.41) is 0. The Morgan fingerprint density at radius 2 is 1.66 bits per heavy atom. The Morgan fingerprint density at radius 3 is 2.41 bits per heavy atom. The molecular weight excluding hydrogens is 388 g/mol. The summed E-state index contributed by atoms with van der Waals surface area (Å²) in [5.41, 5.74) is 1.78. The predicted octanol–water partition coefficient (Wildman–Crippen LogP) is 1.85. The van der Waals surface area contributed by atoms with Crippen LogP contribution >= 0.6 is 0 Å². The number of aliphatic imine (C=N–C) groups is 1. The number of amidine groups is 1. The lowest BCUT2D eigenvalue weighted by Gasteiger charge is -2.36. The maximum absolute atomic E-state index is 12.5. The van der Waals surface area contributed by atoms with E-state index >= 15 is 0 Å². The van der Waals surface area contributed by atoms with Crippen molar-refractivity contribution in [3.05, 3.63) is 60.2 Å². The van der Waals surface area contributed by atoms with Crippen LogP contribution < -0.4 is 9.62 Å². The van der Waals surface area contributed by atoms with Crippen LogP contribution in [0.15, 0.2) is 64.5 Å². The number of carbonyl (C=O) groups is 1. The SMILES string of the molecule is O=C(CCCN=C1NS(=O)(=O)c2ccccc21)N1CCN(c2ccccc2)CC1. The van der Waals surface area contributed by atoms with Crippen molar-refractivity contribution in [1.82, 2.24) is 9.62 Å². The van der Waals surface area contributed by atoms with Crippen molar-refractivity contribution in [1.29, 1.82) is 0 Å². The molecule has 0 bridgehead atoms. The highest BCUT2D eigenvalue weighted by molar-refractivity contribution is 7.90. The lowest BCUT2D eigenvalue weighted by molar-refractivity contribution is -0.131. The summed E-state index contributed by atoms with van der Waals surface area (Å²) in [7, 11) is -3.51. The van der Waals surface area contributed by atoms with Gasteiger partial charge in [-0.15, -0.1) is 0 Å². The van der Waals surface area contributed by atoms with E-state index in [9.17, 15) is 13.2 Å². The number of carbonyl (C=O) groups excluding carboxylic acids is 1. The number of benzene rings is 2. The van der Waals surface area contributed by atoms with Crippen LogP contribution in [0.25, 0.3) is 0 Å².